The molecule has 2 aromatic rings. The van der Waals surface area contributed by atoms with Gasteiger partial charge in [-0.1, -0.05) is 60.7 Å². The second-order valence-corrected chi connectivity index (χ2v) is 5.18. The van der Waals surface area contributed by atoms with Crippen molar-refractivity contribution in [3.05, 3.63) is 71.8 Å². The van der Waals surface area contributed by atoms with Crippen LogP contribution in [0.15, 0.2) is 60.7 Å². The van der Waals surface area contributed by atoms with Crippen molar-refractivity contribution in [1.29, 1.82) is 0 Å². The normalized spacial score (nSPS) is 21.5. The van der Waals surface area contributed by atoms with Crippen LogP contribution < -0.4 is 0 Å². The molecule has 1 atom stereocenters. The summed E-state index contributed by atoms with van der Waals surface area (Å²) in [6, 6.07) is 20.0. The molecule has 0 bridgehead atoms. The number of hydrogen-bond acceptors (Lipinski definition) is 2. The first kappa shape index (κ1) is 12.1. The summed E-state index contributed by atoms with van der Waals surface area (Å²) in [4.78, 5) is 11.9. The monoisotopic (exact) mass is 252 g/mol. The highest BCUT2D eigenvalue weighted by atomic mass is 16.3. The van der Waals surface area contributed by atoms with Gasteiger partial charge in [0.1, 0.15) is 6.10 Å². The van der Waals surface area contributed by atoms with Gasteiger partial charge >= 0.3 is 0 Å². The third-order valence-electron chi connectivity index (χ3n) is 4.04. The molecule has 0 aromatic heterocycles. The number of carbonyl (C=O) groups is 1. The number of benzene rings is 2. The summed E-state index contributed by atoms with van der Waals surface area (Å²) < 4.78 is 0. The van der Waals surface area contributed by atoms with E-state index in [0.29, 0.717) is 12.8 Å². The molecular weight excluding hydrogens is 236 g/mol. The predicted molar refractivity (Wildman–Crippen MR) is 73.9 cm³/mol. The fourth-order valence-corrected chi connectivity index (χ4v) is 3.05. The van der Waals surface area contributed by atoms with Gasteiger partial charge < -0.3 is 5.11 Å². The van der Waals surface area contributed by atoms with E-state index < -0.39 is 6.10 Å². The lowest BCUT2D eigenvalue weighted by atomic mass is 9.73. The Morgan fingerprint density at radius 1 is 0.895 bits per heavy atom. The summed E-state index contributed by atoms with van der Waals surface area (Å²) in [5.74, 6) is -0.0623. The van der Waals surface area contributed by atoms with Gasteiger partial charge in [-0.05, 0) is 17.5 Å². The Kier molecular flexibility index (Phi) is 2.96. The minimum absolute atomic E-state index is 0.0623. The lowest BCUT2D eigenvalue weighted by molar-refractivity contribution is -0.124. The Morgan fingerprint density at radius 3 is 1.74 bits per heavy atom. The first-order chi connectivity index (χ1) is 9.22. The molecule has 1 N–H and O–H groups in total. The minimum Gasteiger partial charge on any atom is -0.385 e. The van der Waals surface area contributed by atoms with E-state index in [0.717, 1.165) is 11.1 Å². The lowest BCUT2D eigenvalue weighted by Gasteiger charge is -2.29. The van der Waals surface area contributed by atoms with Crippen molar-refractivity contribution in [3.63, 3.8) is 0 Å². The summed E-state index contributed by atoms with van der Waals surface area (Å²) in [5.41, 5.74) is 1.83. The molecule has 1 saturated carbocycles. The van der Waals surface area contributed by atoms with E-state index in [1.165, 1.54) is 0 Å². The van der Waals surface area contributed by atoms with Gasteiger partial charge in [-0.15, -0.1) is 0 Å². The quantitative estimate of drug-likeness (QED) is 0.892. The van der Waals surface area contributed by atoms with Gasteiger partial charge in [0, 0.05) is 11.8 Å². The molecule has 2 heteroatoms. The number of carbonyl (C=O) groups excluding carboxylic acids is 1. The molecule has 1 aliphatic rings. The zero-order valence-corrected chi connectivity index (χ0v) is 10.6. The number of rotatable bonds is 2. The molecule has 1 unspecified atom stereocenters. The van der Waals surface area contributed by atoms with Crippen LogP contribution >= 0.6 is 0 Å². The summed E-state index contributed by atoms with van der Waals surface area (Å²) in [6.07, 6.45) is 0.00242. The standard InChI is InChI=1S/C17H16O2/c18-15-11-17(12-16(15)19,13-7-3-1-4-8-13)14-9-5-2-6-10-14/h1-10,15,18H,11-12H2. The van der Waals surface area contributed by atoms with Crippen molar-refractivity contribution in [2.45, 2.75) is 24.4 Å². The fraction of sp³-hybridized carbons (Fsp3) is 0.235. The van der Waals surface area contributed by atoms with Crippen LogP contribution in [0, 0.1) is 0 Å². The Morgan fingerprint density at radius 2 is 1.37 bits per heavy atom. The van der Waals surface area contributed by atoms with E-state index in [1.54, 1.807) is 0 Å². The van der Waals surface area contributed by atoms with Crippen LogP contribution in [0.4, 0.5) is 0 Å². The summed E-state index contributed by atoms with van der Waals surface area (Å²) in [7, 11) is 0. The average Bonchev–Trinajstić information content (AvgIpc) is 2.78. The summed E-state index contributed by atoms with van der Waals surface area (Å²) >= 11 is 0. The van der Waals surface area contributed by atoms with Gasteiger partial charge in [0.05, 0.1) is 0 Å². The molecule has 0 saturated heterocycles. The van der Waals surface area contributed by atoms with Crippen molar-refractivity contribution < 1.29 is 9.90 Å². The Labute approximate surface area is 112 Å². The topological polar surface area (TPSA) is 37.3 Å². The molecule has 0 amide bonds. The molecule has 96 valence electrons. The molecule has 19 heavy (non-hydrogen) atoms. The molecule has 3 rings (SSSR count). The van der Waals surface area contributed by atoms with Crippen molar-refractivity contribution in [3.8, 4) is 0 Å². The third-order valence-corrected chi connectivity index (χ3v) is 4.04. The Hall–Kier alpha value is -1.93. The van der Waals surface area contributed by atoms with Crippen molar-refractivity contribution in [2.24, 2.45) is 0 Å². The maximum absolute atomic E-state index is 11.9. The third kappa shape index (κ3) is 1.98. The van der Waals surface area contributed by atoms with Gasteiger partial charge in [0.2, 0.25) is 0 Å². The van der Waals surface area contributed by atoms with Gasteiger partial charge in [0.15, 0.2) is 5.78 Å². The van der Waals surface area contributed by atoms with Crippen LogP contribution in [0.3, 0.4) is 0 Å². The van der Waals surface area contributed by atoms with Crippen LogP contribution in [-0.2, 0) is 10.2 Å². The molecule has 0 radical (unpaired) electrons. The van der Waals surface area contributed by atoms with Crippen LogP contribution in [0.2, 0.25) is 0 Å². The van der Waals surface area contributed by atoms with E-state index in [4.69, 9.17) is 0 Å². The number of Topliss-reactive ketones (excluding diaryl/α,β-unsaturated/α-hetero) is 1. The molecule has 0 heterocycles. The second kappa shape index (κ2) is 4.63. The summed E-state index contributed by atoms with van der Waals surface area (Å²) in [5, 5.41) is 9.91. The van der Waals surface area contributed by atoms with Crippen molar-refractivity contribution in [2.75, 3.05) is 0 Å². The van der Waals surface area contributed by atoms with Gasteiger partial charge in [-0.3, -0.25) is 4.79 Å². The van der Waals surface area contributed by atoms with Crippen LogP contribution in [0.25, 0.3) is 0 Å². The average molecular weight is 252 g/mol. The highest BCUT2D eigenvalue weighted by Crippen LogP contribution is 2.44. The molecular formula is C17H16O2. The predicted octanol–water partition coefficient (Wildman–Crippen LogP) is 2.70. The Bertz CT molecular complexity index is 535. The zero-order valence-electron chi connectivity index (χ0n) is 10.6. The molecule has 2 aromatic carbocycles. The SMILES string of the molecule is O=C1CC(c2ccccc2)(c2ccccc2)CC1O. The highest BCUT2D eigenvalue weighted by Gasteiger charge is 2.46. The molecule has 2 nitrogen and oxygen atoms in total. The van der Waals surface area contributed by atoms with Gasteiger partial charge in [-0.2, -0.15) is 0 Å². The first-order valence-corrected chi connectivity index (χ1v) is 6.54. The molecule has 0 spiro atoms. The highest BCUT2D eigenvalue weighted by molar-refractivity contribution is 5.88. The van der Waals surface area contributed by atoms with Gasteiger partial charge in [0.25, 0.3) is 0 Å². The van der Waals surface area contributed by atoms with E-state index in [1.807, 2.05) is 60.7 Å². The zero-order chi connectivity index (χ0) is 13.3. The van der Waals surface area contributed by atoms with Crippen LogP contribution in [0.5, 0.6) is 0 Å². The number of aliphatic hydroxyl groups excluding tert-OH is 1. The van der Waals surface area contributed by atoms with Crippen molar-refractivity contribution in [1.82, 2.24) is 0 Å². The minimum atomic E-state index is -0.847. The number of hydrogen-bond donors (Lipinski definition) is 1. The smallest absolute Gasteiger partial charge is 0.162 e. The van der Waals surface area contributed by atoms with Gasteiger partial charge in [-0.25, -0.2) is 0 Å². The fourth-order valence-electron chi connectivity index (χ4n) is 3.05. The number of aliphatic hydroxyl groups is 1. The molecule has 1 aliphatic carbocycles. The molecule has 0 aliphatic heterocycles. The van der Waals surface area contributed by atoms with Crippen molar-refractivity contribution >= 4 is 5.78 Å². The summed E-state index contributed by atoms with van der Waals surface area (Å²) in [6.45, 7) is 0. The first-order valence-electron chi connectivity index (χ1n) is 6.54. The van der Waals surface area contributed by atoms with E-state index in [-0.39, 0.29) is 11.2 Å². The number of ketones is 1. The van der Waals surface area contributed by atoms with E-state index in [9.17, 15) is 9.90 Å². The van der Waals surface area contributed by atoms with E-state index in [2.05, 4.69) is 0 Å². The largest absolute Gasteiger partial charge is 0.385 e. The van der Waals surface area contributed by atoms with E-state index >= 15 is 0 Å². The maximum Gasteiger partial charge on any atom is 0.162 e. The maximum atomic E-state index is 11.9. The van der Waals surface area contributed by atoms with Crippen LogP contribution in [0.1, 0.15) is 24.0 Å². The Balaban J connectivity index is 2.15. The van der Waals surface area contributed by atoms with Crippen LogP contribution in [-0.4, -0.2) is 17.0 Å². The molecule has 1 fully saturated rings. The second-order valence-electron chi connectivity index (χ2n) is 5.18. The lowest BCUT2D eigenvalue weighted by Crippen LogP contribution is -2.25.